The topological polar surface area (TPSA) is 26.0 Å². The fourth-order valence-corrected chi connectivity index (χ4v) is 3.18. The molecule has 6 heteroatoms. The van der Waals surface area contributed by atoms with Crippen molar-refractivity contribution in [1.29, 1.82) is 0 Å². The summed E-state index contributed by atoms with van der Waals surface area (Å²) in [6, 6.07) is 4.20. The Morgan fingerprint density at radius 1 is 1.19 bits per heavy atom. The zero-order valence-corrected chi connectivity index (χ0v) is 12.2. The summed E-state index contributed by atoms with van der Waals surface area (Å²) in [6.45, 7) is 0. The maximum absolute atomic E-state index is 13.1. The van der Waals surface area contributed by atoms with Crippen LogP contribution in [0.25, 0.3) is 0 Å². The molecule has 1 fully saturated rings. The minimum Gasteiger partial charge on any atom is -0.327 e. The first kappa shape index (κ1) is 16.6. The average Bonchev–Trinajstić information content (AvgIpc) is 2.42. The van der Waals surface area contributed by atoms with Crippen LogP contribution in [0.3, 0.4) is 0 Å². The number of hydrogen-bond donors (Lipinski definition) is 1. The van der Waals surface area contributed by atoms with Crippen molar-refractivity contribution in [3.63, 3.8) is 0 Å². The van der Waals surface area contributed by atoms with Crippen LogP contribution in [0.1, 0.15) is 31.2 Å². The van der Waals surface area contributed by atoms with Crippen molar-refractivity contribution < 1.29 is 17.6 Å². The largest absolute Gasteiger partial charge is 0.391 e. The highest BCUT2D eigenvalue weighted by Crippen LogP contribution is 2.40. The molecule has 1 unspecified atom stereocenters. The number of benzene rings is 1. The van der Waals surface area contributed by atoms with Gasteiger partial charge in [0.1, 0.15) is 5.82 Å². The van der Waals surface area contributed by atoms with E-state index in [1.165, 1.54) is 12.1 Å². The molecule has 1 saturated carbocycles. The van der Waals surface area contributed by atoms with E-state index >= 15 is 0 Å². The van der Waals surface area contributed by atoms with Gasteiger partial charge >= 0.3 is 6.18 Å². The lowest BCUT2D eigenvalue weighted by atomic mass is 9.77. The molecule has 1 aromatic carbocycles. The van der Waals surface area contributed by atoms with Gasteiger partial charge in [-0.15, -0.1) is 0 Å². The lowest BCUT2D eigenvalue weighted by molar-refractivity contribution is -0.184. The zero-order valence-electron chi connectivity index (χ0n) is 11.5. The van der Waals surface area contributed by atoms with Gasteiger partial charge in [0.15, 0.2) is 0 Å². The molecule has 21 heavy (non-hydrogen) atoms. The molecule has 0 aliphatic heterocycles. The first-order chi connectivity index (χ1) is 9.77. The first-order valence-corrected chi connectivity index (χ1v) is 7.41. The minimum atomic E-state index is -4.10. The Hall–Kier alpha value is -0.810. The van der Waals surface area contributed by atoms with E-state index < -0.39 is 17.9 Å². The van der Waals surface area contributed by atoms with Crippen molar-refractivity contribution in [3.05, 3.63) is 34.6 Å². The number of nitrogens with two attached hydrogens (primary N) is 1. The van der Waals surface area contributed by atoms with Crippen LogP contribution < -0.4 is 5.73 Å². The van der Waals surface area contributed by atoms with Gasteiger partial charge in [0.05, 0.1) is 10.9 Å². The molecule has 1 atom stereocenters. The lowest BCUT2D eigenvalue weighted by Crippen LogP contribution is -2.37. The molecule has 0 heterocycles. The molecule has 2 N–H and O–H groups in total. The summed E-state index contributed by atoms with van der Waals surface area (Å²) in [5.74, 6) is -1.60. The van der Waals surface area contributed by atoms with E-state index in [1.807, 2.05) is 0 Å². The SMILES string of the molecule is NC(Cc1ccc(F)c(Cl)c1)C1CCC(C(F)(F)F)CC1. The van der Waals surface area contributed by atoms with Crippen molar-refractivity contribution in [2.24, 2.45) is 17.6 Å². The second-order valence-electron chi connectivity index (χ2n) is 5.77. The Morgan fingerprint density at radius 2 is 1.81 bits per heavy atom. The number of alkyl halides is 3. The van der Waals surface area contributed by atoms with Crippen LogP contribution in [0.2, 0.25) is 5.02 Å². The van der Waals surface area contributed by atoms with E-state index in [0.29, 0.717) is 19.3 Å². The second-order valence-corrected chi connectivity index (χ2v) is 6.18. The summed E-state index contributed by atoms with van der Waals surface area (Å²) in [4.78, 5) is 0. The van der Waals surface area contributed by atoms with Gasteiger partial charge in [-0.05, 0) is 55.7 Å². The van der Waals surface area contributed by atoms with E-state index in [1.54, 1.807) is 6.07 Å². The maximum Gasteiger partial charge on any atom is 0.391 e. The normalized spacial score (nSPS) is 24.9. The summed E-state index contributed by atoms with van der Waals surface area (Å²) in [5.41, 5.74) is 6.92. The van der Waals surface area contributed by atoms with E-state index in [-0.39, 0.29) is 29.8 Å². The van der Waals surface area contributed by atoms with Gasteiger partial charge in [-0.2, -0.15) is 13.2 Å². The number of hydrogen-bond acceptors (Lipinski definition) is 1. The first-order valence-electron chi connectivity index (χ1n) is 7.03. The average molecular weight is 324 g/mol. The van der Waals surface area contributed by atoms with Crippen LogP contribution in [0.4, 0.5) is 17.6 Å². The highest BCUT2D eigenvalue weighted by Gasteiger charge is 2.42. The van der Waals surface area contributed by atoms with Crippen molar-refractivity contribution in [2.45, 2.75) is 44.3 Å². The Morgan fingerprint density at radius 3 is 2.33 bits per heavy atom. The number of rotatable bonds is 3. The molecule has 2 rings (SSSR count). The molecule has 0 aromatic heterocycles. The highest BCUT2D eigenvalue weighted by atomic mass is 35.5. The fourth-order valence-electron chi connectivity index (χ4n) is 2.98. The molecule has 1 nitrogen and oxygen atoms in total. The molecule has 1 aromatic rings. The molecule has 0 saturated heterocycles. The fraction of sp³-hybridized carbons (Fsp3) is 0.600. The van der Waals surface area contributed by atoms with Gasteiger partial charge in [0.25, 0.3) is 0 Å². The Bertz CT molecular complexity index is 481. The lowest BCUT2D eigenvalue weighted by Gasteiger charge is -2.33. The monoisotopic (exact) mass is 323 g/mol. The molecule has 1 aliphatic rings. The predicted octanol–water partition coefficient (Wildman–Crippen LogP) is 4.72. The molecule has 1 aliphatic carbocycles. The van der Waals surface area contributed by atoms with E-state index in [9.17, 15) is 17.6 Å². The molecular weight excluding hydrogens is 306 g/mol. The highest BCUT2D eigenvalue weighted by molar-refractivity contribution is 6.30. The van der Waals surface area contributed by atoms with Gasteiger partial charge in [-0.1, -0.05) is 17.7 Å². The van der Waals surface area contributed by atoms with Crippen molar-refractivity contribution in [2.75, 3.05) is 0 Å². The van der Waals surface area contributed by atoms with Crippen LogP contribution in [0, 0.1) is 17.7 Å². The van der Waals surface area contributed by atoms with Gasteiger partial charge in [-0.25, -0.2) is 4.39 Å². The molecule has 0 radical (unpaired) electrons. The maximum atomic E-state index is 13.1. The quantitative estimate of drug-likeness (QED) is 0.800. The summed E-state index contributed by atoms with van der Waals surface area (Å²) in [5, 5.41) is 0.0421. The third-order valence-corrected chi connectivity index (χ3v) is 4.59. The smallest absolute Gasteiger partial charge is 0.327 e. The second kappa shape index (κ2) is 6.53. The van der Waals surface area contributed by atoms with Crippen molar-refractivity contribution in [3.8, 4) is 0 Å². The van der Waals surface area contributed by atoms with Crippen LogP contribution >= 0.6 is 11.6 Å². The van der Waals surface area contributed by atoms with Gasteiger partial charge in [-0.3, -0.25) is 0 Å². The van der Waals surface area contributed by atoms with Gasteiger partial charge in [0.2, 0.25) is 0 Å². The molecular formula is C15H18ClF4N. The third-order valence-electron chi connectivity index (χ3n) is 4.30. The summed E-state index contributed by atoms with van der Waals surface area (Å²) >= 11 is 5.71. The van der Waals surface area contributed by atoms with Crippen LogP contribution in [-0.4, -0.2) is 12.2 Å². The van der Waals surface area contributed by atoms with Gasteiger partial charge in [0, 0.05) is 6.04 Å². The summed E-state index contributed by atoms with van der Waals surface area (Å²) in [6.07, 6.45) is -2.33. The van der Waals surface area contributed by atoms with Crippen LogP contribution in [0.5, 0.6) is 0 Å². The zero-order chi connectivity index (χ0) is 15.6. The summed E-state index contributed by atoms with van der Waals surface area (Å²) < 4.78 is 50.9. The number of halogens is 5. The molecule has 0 spiro atoms. The standard InChI is InChI=1S/C15H18ClF4N/c16-12-7-9(1-6-13(12)17)8-14(21)10-2-4-11(5-3-10)15(18,19)20/h1,6-7,10-11,14H,2-5,8,21H2. The summed E-state index contributed by atoms with van der Waals surface area (Å²) in [7, 11) is 0. The Kier molecular flexibility index (Phi) is 5.15. The Labute approximate surface area is 126 Å². The van der Waals surface area contributed by atoms with Gasteiger partial charge < -0.3 is 5.73 Å². The van der Waals surface area contributed by atoms with Crippen LogP contribution in [0.15, 0.2) is 18.2 Å². The van der Waals surface area contributed by atoms with E-state index in [4.69, 9.17) is 17.3 Å². The van der Waals surface area contributed by atoms with E-state index in [2.05, 4.69) is 0 Å². The molecule has 118 valence electrons. The van der Waals surface area contributed by atoms with E-state index in [0.717, 1.165) is 5.56 Å². The third kappa shape index (κ3) is 4.33. The Balaban J connectivity index is 1.90. The molecule has 0 amide bonds. The van der Waals surface area contributed by atoms with Crippen LogP contribution in [-0.2, 0) is 6.42 Å². The van der Waals surface area contributed by atoms with Crippen molar-refractivity contribution >= 4 is 11.6 Å². The molecule has 0 bridgehead atoms. The van der Waals surface area contributed by atoms with Crippen molar-refractivity contribution in [1.82, 2.24) is 0 Å². The predicted molar refractivity (Wildman–Crippen MR) is 74.6 cm³/mol. The minimum absolute atomic E-state index is 0.0421.